The van der Waals surface area contributed by atoms with Gasteiger partial charge in [-0.05, 0) is 19.3 Å². The second-order valence-corrected chi connectivity index (χ2v) is 4.82. The molecule has 0 amide bonds. The van der Waals surface area contributed by atoms with E-state index in [2.05, 4.69) is 20.2 Å². The third kappa shape index (κ3) is 2.25. The van der Waals surface area contributed by atoms with Crippen molar-refractivity contribution in [1.82, 2.24) is 20.2 Å². The predicted octanol–water partition coefficient (Wildman–Crippen LogP) is -0.336. The number of aromatic nitrogens is 2. The molecule has 1 aliphatic carbocycles. The molecule has 1 saturated heterocycles. The molecule has 2 N–H and O–H groups in total. The second-order valence-electron chi connectivity index (χ2n) is 4.82. The second kappa shape index (κ2) is 4.58. The summed E-state index contributed by atoms with van der Waals surface area (Å²) in [5.74, 6) is 0.831. The molecule has 1 fully saturated rings. The highest BCUT2D eigenvalue weighted by Crippen LogP contribution is 2.15. The maximum Gasteiger partial charge on any atom is 0.254 e. The molecule has 0 radical (unpaired) electrons. The fraction of sp³-hybridized carbons (Fsp3) is 0.667. The average Bonchev–Trinajstić information content (AvgIpc) is 2.79. The van der Waals surface area contributed by atoms with Gasteiger partial charge in [-0.15, -0.1) is 0 Å². The Labute approximate surface area is 100 Å². The lowest BCUT2D eigenvalue weighted by atomic mass is 10.2. The number of rotatable bonds is 2. The quantitative estimate of drug-likeness (QED) is 0.735. The summed E-state index contributed by atoms with van der Waals surface area (Å²) in [6.45, 7) is 4.87. The maximum absolute atomic E-state index is 11.8. The molecule has 3 rings (SSSR count). The normalized spacial score (nSPS) is 20.5. The Morgan fingerprint density at radius 1 is 1.24 bits per heavy atom. The van der Waals surface area contributed by atoms with E-state index in [1.54, 1.807) is 0 Å². The summed E-state index contributed by atoms with van der Waals surface area (Å²) >= 11 is 0. The van der Waals surface area contributed by atoms with Crippen molar-refractivity contribution in [3.8, 4) is 0 Å². The molecule has 1 aliphatic heterocycles. The third-order valence-corrected chi connectivity index (χ3v) is 3.57. The zero-order valence-corrected chi connectivity index (χ0v) is 9.96. The number of hydrogen-bond donors (Lipinski definition) is 2. The average molecular weight is 234 g/mol. The molecule has 92 valence electrons. The first-order valence-corrected chi connectivity index (χ1v) is 6.37. The molecular formula is C12H18N4O. The van der Waals surface area contributed by atoms with E-state index in [1.165, 1.54) is 0 Å². The topological polar surface area (TPSA) is 61.0 Å². The number of aromatic amines is 1. The van der Waals surface area contributed by atoms with Crippen LogP contribution in [0.25, 0.3) is 0 Å². The first kappa shape index (κ1) is 10.9. The summed E-state index contributed by atoms with van der Waals surface area (Å²) in [5.41, 5.74) is 2.02. The summed E-state index contributed by atoms with van der Waals surface area (Å²) in [6.07, 6.45) is 2.93. The number of hydrogen-bond acceptors (Lipinski definition) is 4. The number of H-pyrrole nitrogens is 1. The summed E-state index contributed by atoms with van der Waals surface area (Å²) < 4.78 is 0. The predicted molar refractivity (Wildman–Crippen MR) is 65.0 cm³/mol. The molecule has 0 spiro atoms. The minimum absolute atomic E-state index is 0.0811. The van der Waals surface area contributed by atoms with Gasteiger partial charge in [-0.2, -0.15) is 0 Å². The van der Waals surface area contributed by atoms with Gasteiger partial charge in [-0.1, -0.05) is 0 Å². The molecule has 17 heavy (non-hydrogen) atoms. The molecule has 1 aromatic rings. The largest absolute Gasteiger partial charge is 0.314 e. The monoisotopic (exact) mass is 234 g/mol. The van der Waals surface area contributed by atoms with Gasteiger partial charge in [0.25, 0.3) is 5.56 Å². The lowest BCUT2D eigenvalue weighted by molar-refractivity contribution is 0.227. The van der Waals surface area contributed by atoms with Crippen LogP contribution in [0.15, 0.2) is 4.79 Å². The van der Waals surface area contributed by atoms with Gasteiger partial charge in [0.15, 0.2) is 0 Å². The van der Waals surface area contributed by atoms with Crippen LogP contribution in [0.5, 0.6) is 0 Å². The molecular weight excluding hydrogens is 216 g/mol. The highest BCUT2D eigenvalue weighted by Gasteiger charge is 2.18. The standard InChI is InChI=1S/C12H18N4O/c17-12-9-2-1-3-10(9)14-11(15-12)8-16-6-4-13-5-7-16/h13H,1-8H2,(H,14,15,17). The summed E-state index contributed by atoms with van der Waals surface area (Å²) in [6, 6.07) is 0. The van der Waals surface area contributed by atoms with Crippen molar-refractivity contribution >= 4 is 0 Å². The van der Waals surface area contributed by atoms with Gasteiger partial charge >= 0.3 is 0 Å². The highest BCUT2D eigenvalue weighted by molar-refractivity contribution is 5.22. The molecule has 0 saturated carbocycles. The molecule has 5 heteroatoms. The lowest BCUT2D eigenvalue weighted by Crippen LogP contribution is -2.43. The summed E-state index contributed by atoms with van der Waals surface area (Å²) in [7, 11) is 0. The molecule has 2 aliphatic rings. The van der Waals surface area contributed by atoms with E-state index >= 15 is 0 Å². The first-order valence-electron chi connectivity index (χ1n) is 6.37. The van der Waals surface area contributed by atoms with E-state index in [4.69, 9.17) is 0 Å². The fourth-order valence-electron chi connectivity index (χ4n) is 2.65. The van der Waals surface area contributed by atoms with Crippen molar-refractivity contribution in [2.24, 2.45) is 0 Å². The third-order valence-electron chi connectivity index (χ3n) is 3.57. The number of fused-ring (bicyclic) bond motifs is 1. The van der Waals surface area contributed by atoms with Crippen molar-refractivity contribution in [3.63, 3.8) is 0 Å². The minimum Gasteiger partial charge on any atom is -0.314 e. The van der Waals surface area contributed by atoms with Gasteiger partial charge in [0.2, 0.25) is 0 Å². The molecule has 0 bridgehead atoms. The van der Waals surface area contributed by atoms with E-state index in [1.807, 2.05) is 0 Å². The number of nitrogens with one attached hydrogen (secondary N) is 2. The van der Waals surface area contributed by atoms with Gasteiger partial charge in [0.1, 0.15) is 5.82 Å². The van der Waals surface area contributed by atoms with Gasteiger partial charge in [-0.3, -0.25) is 9.69 Å². The van der Waals surface area contributed by atoms with E-state index in [9.17, 15) is 4.79 Å². The van der Waals surface area contributed by atoms with E-state index < -0.39 is 0 Å². The molecule has 0 aromatic carbocycles. The lowest BCUT2D eigenvalue weighted by Gasteiger charge is -2.26. The fourth-order valence-corrected chi connectivity index (χ4v) is 2.65. The zero-order valence-electron chi connectivity index (χ0n) is 9.96. The Morgan fingerprint density at radius 3 is 2.88 bits per heavy atom. The SMILES string of the molecule is O=c1[nH]c(CN2CCNCC2)nc2c1CCC2. The minimum atomic E-state index is 0.0811. The molecule has 0 unspecified atom stereocenters. The van der Waals surface area contributed by atoms with Crippen LogP contribution in [0.2, 0.25) is 0 Å². The number of piperazine rings is 1. The van der Waals surface area contributed by atoms with E-state index in [-0.39, 0.29) is 5.56 Å². The van der Waals surface area contributed by atoms with Crippen LogP contribution in [0.3, 0.4) is 0 Å². The van der Waals surface area contributed by atoms with Crippen molar-refractivity contribution < 1.29 is 0 Å². The molecule has 2 heterocycles. The van der Waals surface area contributed by atoms with Gasteiger partial charge in [0.05, 0.1) is 12.2 Å². The molecule has 0 atom stereocenters. The summed E-state index contributed by atoms with van der Waals surface area (Å²) in [4.78, 5) is 21.7. The molecule has 1 aromatic heterocycles. The van der Waals surface area contributed by atoms with Crippen LogP contribution in [0.4, 0.5) is 0 Å². The smallest absolute Gasteiger partial charge is 0.254 e. The van der Waals surface area contributed by atoms with Crippen molar-refractivity contribution in [2.45, 2.75) is 25.8 Å². The number of aryl methyl sites for hydroxylation is 1. The van der Waals surface area contributed by atoms with Crippen molar-refractivity contribution in [3.05, 3.63) is 27.4 Å². The summed E-state index contributed by atoms with van der Waals surface area (Å²) in [5, 5.41) is 3.32. The van der Waals surface area contributed by atoms with Crippen molar-refractivity contribution in [2.75, 3.05) is 26.2 Å². The Hall–Kier alpha value is -1.20. The maximum atomic E-state index is 11.8. The van der Waals surface area contributed by atoms with Gasteiger partial charge in [-0.25, -0.2) is 4.98 Å². The Morgan fingerprint density at radius 2 is 2.06 bits per heavy atom. The van der Waals surface area contributed by atoms with Crippen LogP contribution in [0.1, 0.15) is 23.5 Å². The van der Waals surface area contributed by atoms with Crippen LogP contribution in [-0.2, 0) is 19.4 Å². The Bertz CT molecular complexity index is 462. The zero-order chi connectivity index (χ0) is 11.7. The Balaban J connectivity index is 1.79. The van der Waals surface area contributed by atoms with Crippen LogP contribution in [-0.4, -0.2) is 41.0 Å². The Kier molecular flexibility index (Phi) is 2.94. The van der Waals surface area contributed by atoms with Gasteiger partial charge in [0, 0.05) is 31.7 Å². The van der Waals surface area contributed by atoms with Crippen molar-refractivity contribution in [1.29, 1.82) is 0 Å². The van der Waals surface area contributed by atoms with Crippen LogP contribution >= 0.6 is 0 Å². The van der Waals surface area contributed by atoms with Crippen LogP contribution in [0, 0.1) is 0 Å². The van der Waals surface area contributed by atoms with Crippen LogP contribution < -0.4 is 10.9 Å². The van der Waals surface area contributed by atoms with Gasteiger partial charge < -0.3 is 10.3 Å². The highest BCUT2D eigenvalue weighted by atomic mass is 16.1. The molecule has 5 nitrogen and oxygen atoms in total. The first-order chi connectivity index (χ1) is 8.33. The number of nitrogens with zero attached hydrogens (tertiary/aromatic N) is 2. The van der Waals surface area contributed by atoms with E-state index in [0.29, 0.717) is 0 Å². The van der Waals surface area contributed by atoms with E-state index in [0.717, 1.165) is 69.1 Å².